The Morgan fingerprint density at radius 2 is 1.49 bits per heavy atom. The molecule has 2 aliphatic heterocycles. The Balaban J connectivity index is 1.16. The third kappa shape index (κ3) is 6.13. The van der Waals surface area contributed by atoms with E-state index in [4.69, 9.17) is 18.9 Å². The van der Waals surface area contributed by atoms with Crippen molar-refractivity contribution in [1.82, 2.24) is 0 Å². The van der Waals surface area contributed by atoms with Crippen LogP contribution in [-0.2, 0) is 23.7 Å². The Kier molecular flexibility index (Phi) is 10.8. The van der Waals surface area contributed by atoms with E-state index in [9.17, 15) is 50.8 Å². The van der Waals surface area contributed by atoms with Gasteiger partial charge in [0.15, 0.2) is 12.6 Å². The van der Waals surface area contributed by atoms with Crippen LogP contribution < -0.4 is 0 Å². The predicted octanol–water partition coefficient (Wildman–Crippen LogP) is 1.46. The molecule has 6 fully saturated rings. The zero-order valence-corrected chi connectivity index (χ0v) is 33.2. The molecule has 9 N–H and O–H groups in total. The monoisotopic (exact) mass is 782 g/mol. The van der Waals surface area contributed by atoms with E-state index >= 15 is 0 Å². The summed E-state index contributed by atoms with van der Waals surface area (Å²) in [5.41, 5.74) is -1.33. The number of carboxylic acids is 1. The lowest BCUT2D eigenvalue weighted by Crippen LogP contribution is -2.70. The van der Waals surface area contributed by atoms with Gasteiger partial charge in [-0.25, -0.2) is 0 Å². The van der Waals surface area contributed by atoms with Gasteiger partial charge in [0, 0.05) is 5.41 Å². The number of ether oxygens (including phenoxy) is 4. The lowest BCUT2D eigenvalue weighted by atomic mass is 9.33. The molecule has 0 spiro atoms. The largest absolute Gasteiger partial charge is 0.481 e. The summed E-state index contributed by atoms with van der Waals surface area (Å²) in [5.74, 6) is -0.728. The van der Waals surface area contributed by atoms with Crippen LogP contribution in [-0.4, -0.2) is 139 Å². The van der Waals surface area contributed by atoms with E-state index in [1.807, 2.05) is 6.92 Å². The number of rotatable bonds is 7. The molecule has 19 atom stereocenters. The molecular formula is C41H66O14. The minimum atomic E-state index is -1.72. The molecule has 0 aromatic rings. The van der Waals surface area contributed by atoms with Crippen molar-refractivity contribution in [2.24, 2.45) is 50.2 Å². The zero-order chi connectivity index (χ0) is 40.3. The molecule has 7 rings (SSSR count). The van der Waals surface area contributed by atoms with E-state index in [0.29, 0.717) is 19.3 Å². The summed E-state index contributed by atoms with van der Waals surface area (Å²) in [6.45, 7) is 12.0. The van der Waals surface area contributed by atoms with Crippen LogP contribution in [0.3, 0.4) is 0 Å². The molecule has 314 valence electrons. The maximum Gasteiger partial charge on any atom is 0.310 e. The summed E-state index contributed by atoms with van der Waals surface area (Å²) in [5, 5.41) is 97.3. The third-order valence-corrected chi connectivity index (χ3v) is 17.0. The number of hydrogen-bond donors (Lipinski definition) is 9. The van der Waals surface area contributed by atoms with Gasteiger partial charge in [-0.2, -0.15) is 0 Å². The van der Waals surface area contributed by atoms with Crippen LogP contribution in [0.5, 0.6) is 0 Å². The van der Waals surface area contributed by atoms with Crippen molar-refractivity contribution in [1.29, 1.82) is 0 Å². The smallest absolute Gasteiger partial charge is 0.310 e. The van der Waals surface area contributed by atoms with Gasteiger partial charge >= 0.3 is 5.97 Å². The lowest BCUT2D eigenvalue weighted by Gasteiger charge is -2.71. The fraction of sp³-hybridized carbons (Fsp3) is 0.927. The molecular weight excluding hydrogens is 716 g/mol. The molecule has 7 aliphatic rings. The first kappa shape index (κ1) is 41.9. The van der Waals surface area contributed by atoms with Gasteiger partial charge in [-0.3, -0.25) is 4.79 Å². The van der Waals surface area contributed by atoms with Crippen molar-refractivity contribution < 1.29 is 69.7 Å². The van der Waals surface area contributed by atoms with Gasteiger partial charge in [0.25, 0.3) is 0 Å². The van der Waals surface area contributed by atoms with E-state index in [1.54, 1.807) is 0 Å². The first-order valence-corrected chi connectivity index (χ1v) is 20.5. The molecule has 5 aliphatic carbocycles. The van der Waals surface area contributed by atoms with Crippen LogP contribution in [0, 0.1) is 50.2 Å². The van der Waals surface area contributed by atoms with Crippen LogP contribution in [0.2, 0.25) is 0 Å². The zero-order valence-electron chi connectivity index (χ0n) is 33.2. The standard InChI is InChI=1S/C41H66O14/c1-36(2)11-13-41(35(50)51)14-12-39(5)20(21(41)15-36)7-8-26-37(3)16-22(44)32(38(4,19-43)25(37)9-10-40(26,39)6)55-34-30(49)31(28(47)24(17-42)53-34)54-33-29(48)27(46)23(45)18-52-33/h7,21-34,42-49H,8-19H2,1-6H3,(H,50,51)/t21?,22-,23+,24+,25?,26+,27-,28+,29+,30+,31-,32-,33-,34-,37-,38-,39+,40+,41-/m0/s1. The number of aliphatic hydroxyl groups is 8. The summed E-state index contributed by atoms with van der Waals surface area (Å²) in [6, 6.07) is 0. The minimum absolute atomic E-state index is 0.0335. The Morgan fingerprint density at radius 1 is 0.800 bits per heavy atom. The fourth-order valence-corrected chi connectivity index (χ4v) is 13.5. The number of carbonyl (C=O) groups is 1. The van der Waals surface area contributed by atoms with Gasteiger partial charge in [-0.1, -0.05) is 53.2 Å². The van der Waals surface area contributed by atoms with Gasteiger partial charge in [-0.05, 0) is 97.2 Å². The van der Waals surface area contributed by atoms with E-state index in [2.05, 4.69) is 40.7 Å². The Morgan fingerprint density at radius 3 is 2.15 bits per heavy atom. The van der Waals surface area contributed by atoms with Gasteiger partial charge in [0.2, 0.25) is 0 Å². The van der Waals surface area contributed by atoms with Gasteiger partial charge in [0.05, 0.1) is 37.4 Å². The average molecular weight is 783 g/mol. The molecule has 14 nitrogen and oxygen atoms in total. The van der Waals surface area contributed by atoms with Crippen LogP contribution in [0.1, 0.15) is 99.3 Å². The average Bonchev–Trinajstić information content (AvgIpc) is 3.12. The molecule has 0 aromatic carbocycles. The second-order valence-corrected chi connectivity index (χ2v) is 20.2. The second kappa shape index (κ2) is 14.2. The molecule has 4 saturated carbocycles. The van der Waals surface area contributed by atoms with Gasteiger partial charge in [-0.15, -0.1) is 0 Å². The van der Waals surface area contributed by atoms with Gasteiger partial charge in [0.1, 0.15) is 42.7 Å². The molecule has 2 unspecified atom stereocenters. The van der Waals surface area contributed by atoms with Crippen LogP contribution in [0.4, 0.5) is 0 Å². The Labute approximate surface area is 323 Å². The predicted molar refractivity (Wildman–Crippen MR) is 195 cm³/mol. The summed E-state index contributed by atoms with van der Waals surface area (Å²) in [4.78, 5) is 13.1. The van der Waals surface area contributed by atoms with Crippen molar-refractivity contribution in [3.8, 4) is 0 Å². The normalized spacial score (nSPS) is 54.9. The van der Waals surface area contributed by atoms with Crippen molar-refractivity contribution in [3.63, 3.8) is 0 Å². The maximum absolute atomic E-state index is 13.1. The highest BCUT2D eigenvalue weighted by Gasteiger charge is 2.71. The van der Waals surface area contributed by atoms with E-state index in [0.717, 1.165) is 38.5 Å². The third-order valence-electron chi connectivity index (χ3n) is 17.0. The van der Waals surface area contributed by atoms with E-state index < -0.39 is 96.3 Å². The number of hydrogen-bond acceptors (Lipinski definition) is 13. The topological polar surface area (TPSA) is 236 Å². The summed E-state index contributed by atoms with van der Waals surface area (Å²) >= 11 is 0. The van der Waals surface area contributed by atoms with Crippen LogP contribution in [0.15, 0.2) is 11.6 Å². The first-order chi connectivity index (χ1) is 25.6. The fourth-order valence-electron chi connectivity index (χ4n) is 13.5. The van der Waals surface area contributed by atoms with Crippen molar-refractivity contribution in [2.75, 3.05) is 19.8 Å². The molecule has 0 bridgehead atoms. The summed E-state index contributed by atoms with van der Waals surface area (Å²) in [7, 11) is 0. The highest BCUT2D eigenvalue weighted by Crippen LogP contribution is 2.76. The molecule has 2 heterocycles. The quantitative estimate of drug-likeness (QED) is 0.132. The second-order valence-electron chi connectivity index (χ2n) is 20.2. The lowest BCUT2D eigenvalue weighted by molar-refractivity contribution is -0.369. The minimum Gasteiger partial charge on any atom is -0.481 e. The maximum atomic E-state index is 13.1. The summed E-state index contributed by atoms with van der Waals surface area (Å²) in [6.07, 6.45) is -7.24. The van der Waals surface area contributed by atoms with Crippen molar-refractivity contribution in [2.45, 2.75) is 167 Å². The molecule has 2 saturated heterocycles. The Hall–Kier alpha value is -1.27. The number of aliphatic carboxylic acids is 1. The number of fused-ring (bicyclic) bond motifs is 7. The highest BCUT2D eigenvalue weighted by molar-refractivity contribution is 5.76. The Bertz CT molecular complexity index is 1490. The summed E-state index contributed by atoms with van der Waals surface area (Å²) < 4.78 is 23.4. The molecule has 0 amide bonds. The van der Waals surface area contributed by atoms with Gasteiger partial charge < -0.3 is 64.9 Å². The molecule has 14 heteroatoms. The molecule has 0 radical (unpaired) electrons. The SMILES string of the molecule is CC1(C)CC[C@]2(C(=O)O)CC[C@]3(C)C(=CC[C@@H]4[C@@]5(C)C[C@H](O)[C@H](O[C@@H]6O[C@H](CO)[C@@H](O)[C@H](O[C@@H]7OC[C@@H](O)[C@H](O)[C@H]7O)[C@H]6O)[C@@](C)(CO)C5CC[C@]43C)C2C1. The highest BCUT2D eigenvalue weighted by atomic mass is 16.7. The molecule has 55 heavy (non-hydrogen) atoms. The first-order valence-electron chi connectivity index (χ1n) is 20.5. The van der Waals surface area contributed by atoms with Crippen LogP contribution >= 0.6 is 0 Å². The number of aliphatic hydroxyl groups excluding tert-OH is 8. The van der Waals surface area contributed by atoms with Crippen molar-refractivity contribution in [3.05, 3.63) is 11.6 Å². The molecule has 0 aromatic heterocycles. The number of allylic oxidation sites excluding steroid dienone is 2. The van der Waals surface area contributed by atoms with Crippen LogP contribution in [0.25, 0.3) is 0 Å². The van der Waals surface area contributed by atoms with E-state index in [1.165, 1.54) is 5.57 Å². The van der Waals surface area contributed by atoms with Crippen molar-refractivity contribution >= 4 is 5.97 Å². The number of carboxylic acid groups (broad SMARTS) is 1. The van der Waals surface area contributed by atoms with E-state index in [-0.39, 0.29) is 47.2 Å².